The number of methoxy groups -OCH3 is 1. The van der Waals surface area contributed by atoms with Gasteiger partial charge in [-0.3, -0.25) is 4.79 Å². The number of benzene rings is 1. The molecule has 0 N–H and O–H groups in total. The third-order valence-corrected chi connectivity index (χ3v) is 1.81. The van der Waals surface area contributed by atoms with Crippen LogP contribution in [0.2, 0.25) is 0 Å². The smallest absolute Gasteiger partial charge is 0.309 e. The molecule has 0 bridgehead atoms. The van der Waals surface area contributed by atoms with E-state index < -0.39 is 0 Å². The van der Waals surface area contributed by atoms with Crippen LogP contribution in [0.15, 0.2) is 18.2 Å². The molecule has 0 aromatic heterocycles. The van der Waals surface area contributed by atoms with E-state index in [0.717, 1.165) is 0 Å². The van der Waals surface area contributed by atoms with Crippen LogP contribution < -0.4 is 0 Å². The molecule has 0 aliphatic heterocycles. The Balaban J connectivity index is 2.79. The maximum atomic E-state index is 13.0. The zero-order valence-corrected chi connectivity index (χ0v) is 7.63. The van der Waals surface area contributed by atoms with Crippen LogP contribution in [-0.2, 0) is 16.0 Å². The van der Waals surface area contributed by atoms with Crippen LogP contribution in [0.4, 0.5) is 4.39 Å². The van der Waals surface area contributed by atoms with E-state index in [1.54, 1.807) is 19.1 Å². The van der Waals surface area contributed by atoms with Crippen LogP contribution in [0.3, 0.4) is 0 Å². The molecule has 13 heavy (non-hydrogen) atoms. The van der Waals surface area contributed by atoms with Crippen molar-refractivity contribution in [2.45, 2.75) is 13.3 Å². The molecule has 0 atom stereocenters. The molecule has 0 fully saturated rings. The molecule has 0 spiro atoms. The SMILES string of the molecule is COC(=O)Cc1ccc(C)c(F)c1. The molecule has 0 radical (unpaired) electrons. The summed E-state index contributed by atoms with van der Waals surface area (Å²) in [7, 11) is 1.31. The fraction of sp³-hybridized carbons (Fsp3) is 0.300. The first-order chi connectivity index (χ1) is 6.13. The quantitative estimate of drug-likeness (QED) is 0.652. The van der Waals surface area contributed by atoms with Gasteiger partial charge >= 0.3 is 5.97 Å². The fourth-order valence-corrected chi connectivity index (χ4v) is 0.985. The molecule has 2 nitrogen and oxygen atoms in total. The van der Waals surface area contributed by atoms with E-state index in [-0.39, 0.29) is 18.2 Å². The summed E-state index contributed by atoms with van der Waals surface area (Å²) in [6.45, 7) is 1.68. The summed E-state index contributed by atoms with van der Waals surface area (Å²) in [5.74, 6) is -0.648. The van der Waals surface area contributed by atoms with Gasteiger partial charge in [-0.25, -0.2) is 4.39 Å². The number of esters is 1. The Labute approximate surface area is 76.3 Å². The second-order valence-electron chi connectivity index (χ2n) is 2.84. The van der Waals surface area contributed by atoms with Crippen LogP contribution in [0.1, 0.15) is 11.1 Å². The predicted molar refractivity (Wildman–Crippen MR) is 46.9 cm³/mol. The van der Waals surface area contributed by atoms with Gasteiger partial charge in [0.1, 0.15) is 5.82 Å². The van der Waals surface area contributed by atoms with Crippen LogP contribution in [0, 0.1) is 12.7 Å². The van der Waals surface area contributed by atoms with Crippen molar-refractivity contribution in [2.75, 3.05) is 7.11 Å². The number of halogens is 1. The van der Waals surface area contributed by atoms with Crippen LogP contribution in [-0.4, -0.2) is 13.1 Å². The normalized spacial score (nSPS) is 9.77. The molecule has 3 heteroatoms. The number of ether oxygens (including phenoxy) is 1. The molecule has 70 valence electrons. The second kappa shape index (κ2) is 4.03. The van der Waals surface area contributed by atoms with Gasteiger partial charge < -0.3 is 4.74 Å². The van der Waals surface area contributed by atoms with Crippen LogP contribution >= 0.6 is 0 Å². The third kappa shape index (κ3) is 2.54. The number of rotatable bonds is 2. The lowest BCUT2D eigenvalue weighted by molar-refractivity contribution is -0.139. The Hall–Kier alpha value is -1.38. The average Bonchev–Trinajstić information content (AvgIpc) is 2.11. The molecule has 1 rings (SSSR count). The molecule has 0 unspecified atom stereocenters. The highest BCUT2D eigenvalue weighted by molar-refractivity contribution is 5.72. The molecule has 1 aromatic rings. The Kier molecular flexibility index (Phi) is 3.01. The Morgan fingerprint density at radius 2 is 2.23 bits per heavy atom. The fourth-order valence-electron chi connectivity index (χ4n) is 0.985. The van der Waals surface area contributed by atoms with E-state index >= 15 is 0 Å². The third-order valence-electron chi connectivity index (χ3n) is 1.81. The number of carbonyl (C=O) groups excluding carboxylic acids is 1. The van der Waals surface area contributed by atoms with E-state index in [1.165, 1.54) is 13.2 Å². The summed E-state index contributed by atoms with van der Waals surface area (Å²) >= 11 is 0. The summed E-state index contributed by atoms with van der Waals surface area (Å²) in [6.07, 6.45) is 0.119. The molecule has 0 aliphatic carbocycles. The van der Waals surface area contributed by atoms with E-state index in [2.05, 4.69) is 4.74 Å². The van der Waals surface area contributed by atoms with E-state index in [1.807, 2.05) is 0 Å². The highest BCUT2D eigenvalue weighted by atomic mass is 19.1. The monoisotopic (exact) mass is 182 g/mol. The van der Waals surface area contributed by atoms with Crippen molar-refractivity contribution in [1.29, 1.82) is 0 Å². The van der Waals surface area contributed by atoms with Crippen molar-refractivity contribution in [3.05, 3.63) is 35.1 Å². The van der Waals surface area contributed by atoms with Crippen molar-refractivity contribution in [3.8, 4) is 0 Å². The Morgan fingerprint density at radius 3 is 2.77 bits per heavy atom. The minimum atomic E-state index is -0.358. The number of hydrogen-bond donors (Lipinski definition) is 0. The van der Waals surface area contributed by atoms with Gasteiger partial charge in [-0.05, 0) is 24.1 Å². The molecular weight excluding hydrogens is 171 g/mol. The maximum absolute atomic E-state index is 13.0. The van der Waals surface area contributed by atoms with Gasteiger partial charge in [0.2, 0.25) is 0 Å². The van der Waals surface area contributed by atoms with Gasteiger partial charge in [-0.2, -0.15) is 0 Å². The van der Waals surface area contributed by atoms with Gasteiger partial charge in [0, 0.05) is 0 Å². The largest absolute Gasteiger partial charge is 0.469 e. The Morgan fingerprint density at radius 1 is 1.54 bits per heavy atom. The van der Waals surface area contributed by atoms with Gasteiger partial charge in [0.15, 0.2) is 0 Å². The minimum absolute atomic E-state index is 0.119. The van der Waals surface area contributed by atoms with Gasteiger partial charge in [-0.15, -0.1) is 0 Å². The van der Waals surface area contributed by atoms with Crippen LogP contribution in [0.25, 0.3) is 0 Å². The van der Waals surface area contributed by atoms with Crippen molar-refractivity contribution >= 4 is 5.97 Å². The van der Waals surface area contributed by atoms with Crippen molar-refractivity contribution in [1.82, 2.24) is 0 Å². The summed E-state index contributed by atoms with van der Waals surface area (Å²) in [6, 6.07) is 4.72. The van der Waals surface area contributed by atoms with Crippen LogP contribution in [0.5, 0.6) is 0 Å². The first-order valence-electron chi connectivity index (χ1n) is 3.95. The van der Waals surface area contributed by atoms with Crippen molar-refractivity contribution in [3.63, 3.8) is 0 Å². The summed E-state index contributed by atoms with van der Waals surface area (Å²) in [4.78, 5) is 10.8. The molecule has 0 saturated heterocycles. The average molecular weight is 182 g/mol. The summed E-state index contributed by atoms with van der Waals surface area (Å²) in [5, 5.41) is 0. The highest BCUT2D eigenvalue weighted by Crippen LogP contribution is 2.09. The molecular formula is C10H11FO2. The van der Waals surface area contributed by atoms with Gasteiger partial charge in [0.25, 0.3) is 0 Å². The van der Waals surface area contributed by atoms with Crippen molar-refractivity contribution in [2.24, 2.45) is 0 Å². The maximum Gasteiger partial charge on any atom is 0.309 e. The standard InChI is InChI=1S/C10H11FO2/c1-7-3-4-8(5-9(7)11)6-10(12)13-2/h3-5H,6H2,1-2H3. The van der Waals surface area contributed by atoms with Crippen molar-refractivity contribution < 1.29 is 13.9 Å². The first kappa shape index (κ1) is 9.71. The summed E-state index contributed by atoms with van der Waals surface area (Å²) < 4.78 is 17.4. The predicted octanol–water partition coefficient (Wildman–Crippen LogP) is 1.85. The highest BCUT2D eigenvalue weighted by Gasteiger charge is 2.04. The van der Waals surface area contributed by atoms with E-state index in [9.17, 15) is 9.18 Å². The lowest BCUT2D eigenvalue weighted by Crippen LogP contribution is -2.04. The van der Waals surface area contributed by atoms with Gasteiger partial charge in [-0.1, -0.05) is 12.1 Å². The molecule has 0 amide bonds. The summed E-state index contributed by atoms with van der Waals surface area (Å²) in [5.41, 5.74) is 1.21. The van der Waals surface area contributed by atoms with Gasteiger partial charge in [0.05, 0.1) is 13.5 Å². The topological polar surface area (TPSA) is 26.3 Å². The number of hydrogen-bond acceptors (Lipinski definition) is 2. The number of carbonyl (C=O) groups is 1. The zero-order valence-electron chi connectivity index (χ0n) is 7.63. The zero-order chi connectivity index (χ0) is 9.84. The molecule has 0 saturated carbocycles. The minimum Gasteiger partial charge on any atom is -0.469 e. The lowest BCUT2D eigenvalue weighted by Gasteiger charge is -2.01. The first-order valence-corrected chi connectivity index (χ1v) is 3.95. The molecule has 0 aliphatic rings. The Bertz CT molecular complexity index is 321. The molecule has 0 heterocycles. The lowest BCUT2D eigenvalue weighted by atomic mass is 10.1. The second-order valence-corrected chi connectivity index (χ2v) is 2.84. The van der Waals surface area contributed by atoms with E-state index in [0.29, 0.717) is 11.1 Å². The number of aryl methyl sites for hydroxylation is 1. The van der Waals surface area contributed by atoms with E-state index in [4.69, 9.17) is 0 Å². The molecule has 1 aromatic carbocycles.